The van der Waals surface area contributed by atoms with Gasteiger partial charge in [0.2, 0.25) is 17.7 Å². The monoisotopic (exact) mass is 544 g/mol. The van der Waals surface area contributed by atoms with E-state index in [1.165, 1.54) is 0 Å². The summed E-state index contributed by atoms with van der Waals surface area (Å²) in [6.07, 6.45) is 1.65. The number of rotatable bonds is 8. The van der Waals surface area contributed by atoms with Crippen molar-refractivity contribution < 1.29 is 27.9 Å². The first-order chi connectivity index (χ1) is 18.5. The van der Waals surface area contributed by atoms with Crippen molar-refractivity contribution in [3.8, 4) is 0 Å². The predicted octanol–water partition coefficient (Wildman–Crippen LogP) is 2.24. The summed E-state index contributed by atoms with van der Waals surface area (Å²) in [6, 6.07) is 4.46. The number of ether oxygens (including phenoxy) is 1. The van der Waals surface area contributed by atoms with Gasteiger partial charge in [0.25, 0.3) is 5.92 Å². The third kappa shape index (κ3) is 5.95. The Morgan fingerprint density at radius 3 is 2.77 bits per heavy atom. The van der Waals surface area contributed by atoms with Gasteiger partial charge in [0.05, 0.1) is 32.0 Å². The van der Waals surface area contributed by atoms with E-state index in [-0.39, 0.29) is 37.2 Å². The summed E-state index contributed by atoms with van der Waals surface area (Å²) in [5, 5.41) is 11.0. The normalized spacial score (nSPS) is 23.9. The highest BCUT2D eigenvalue weighted by atomic mass is 19.3. The van der Waals surface area contributed by atoms with E-state index in [4.69, 9.17) is 4.74 Å². The minimum absolute atomic E-state index is 0.0348. The summed E-state index contributed by atoms with van der Waals surface area (Å²) in [6.45, 7) is 6.60. The Bertz CT molecular complexity index is 1260. The van der Waals surface area contributed by atoms with Crippen molar-refractivity contribution in [3.63, 3.8) is 0 Å². The van der Waals surface area contributed by atoms with Crippen molar-refractivity contribution in [2.75, 3.05) is 6.54 Å². The summed E-state index contributed by atoms with van der Waals surface area (Å²) < 4.78 is 34.9. The first-order valence-corrected chi connectivity index (χ1v) is 13.4. The van der Waals surface area contributed by atoms with Crippen LogP contribution in [-0.4, -0.2) is 73.2 Å². The Kier molecular flexibility index (Phi) is 7.41. The number of carbonyl (C=O) groups excluding carboxylic acids is 3. The molecule has 1 N–H and O–H groups in total. The van der Waals surface area contributed by atoms with Crippen molar-refractivity contribution in [2.45, 2.75) is 90.4 Å². The van der Waals surface area contributed by atoms with E-state index in [0.717, 1.165) is 27.3 Å². The van der Waals surface area contributed by atoms with Crippen LogP contribution in [0.1, 0.15) is 62.4 Å². The highest BCUT2D eigenvalue weighted by molar-refractivity contribution is 5.94. The van der Waals surface area contributed by atoms with Crippen LogP contribution in [0.25, 0.3) is 0 Å². The standard InChI is InChI=1S/C27H34F2N6O4/c1-16(2)39-14-21-12-34(32-31-21)11-19-6-4-5-18-10-33(13-22(18)19)24(36)8-20-7-23(30-25(20)37)26(38)35-15-27(28,29)9-17(35)3/h4-6,12,16-17,20,23H,7-11,13-15H2,1-3H3,(H,30,37)/t17-,20+,23+/m1/s1. The molecule has 3 aliphatic heterocycles. The Labute approximate surface area is 225 Å². The number of nitrogens with one attached hydrogen (secondary N) is 1. The number of fused-ring (bicyclic) bond motifs is 1. The second-order valence-electron chi connectivity index (χ2n) is 11.1. The van der Waals surface area contributed by atoms with Crippen molar-refractivity contribution in [3.05, 3.63) is 46.8 Å². The molecule has 0 spiro atoms. The van der Waals surface area contributed by atoms with Crippen LogP contribution in [0.5, 0.6) is 0 Å². The largest absolute Gasteiger partial charge is 0.372 e. The van der Waals surface area contributed by atoms with E-state index < -0.39 is 36.4 Å². The zero-order valence-electron chi connectivity index (χ0n) is 22.4. The molecule has 12 heteroatoms. The van der Waals surface area contributed by atoms with Crippen molar-refractivity contribution in [2.24, 2.45) is 5.92 Å². The number of hydrogen-bond acceptors (Lipinski definition) is 6. The SMILES string of the molecule is CC(C)OCc1cn(Cc2cccc3c2CN(C(=O)C[C@@H]2C[C@@H](C(=O)N4CC(F)(F)C[C@H]4C)NC2=O)C3)nn1. The number of halogens is 2. The van der Waals surface area contributed by atoms with Gasteiger partial charge in [0, 0.05) is 37.9 Å². The fraction of sp³-hybridized carbons (Fsp3) is 0.593. The van der Waals surface area contributed by atoms with E-state index in [9.17, 15) is 23.2 Å². The zero-order valence-corrected chi connectivity index (χ0v) is 22.4. The molecular weight excluding hydrogens is 510 g/mol. The lowest BCUT2D eigenvalue weighted by molar-refractivity contribution is -0.136. The number of likely N-dealkylation sites (tertiary alicyclic amines) is 1. The van der Waals surface area contributed by atoms with E-state index >= 15 is 0 Å². The number of nitrogens with zero attached hydrogens (tertiary/aromatic N) is 5. The summed E-state index contributed by atoms with van der Waals surface area (Å²) in [7, 11) is 0. The van der Waals surface area contributed by atoms with Gasteiger partial charge in [0.15, 0.2) is 0 Å². The molecule has 0 saturated carbocycles. The smallest absolute Gasteiger partial charge is 0.267 e. The first kappa shape index (κ1) is 27.2. The molecule has 0 aliphatic carbocycles. The summed E-state index contributed by atoms with van der Waals surface area (Å²) in [4.78, 5) is 41.5. The highest BCUT2D eigenvalue weighted by Gasteiger charge is 2.48. The van der Waals surface area contributed by atoms with Gasteiger partial charge in [-0.15, -0.1) is 5.10 Å². The molecule has 3 aliphatic rings. The Balaban J connectivity index is 1.18. The highest BCUT2D eigenvalue weighted by Crippen LogP contribution is 2.34. The zero-order chi connectivity index (χ0) is 27.9. The van der Waals surface area contributed by atoms with Crippen molar-refractivity contribution in [1.82, 2.24) is 30.1 Å². The van der Waals surface area contributed by atoms with Gasteiger partial charge in [-0.1, -0.05) is 23.4 Å². The maximum absolute atomic E-state index is 13.8. The van der Waals surface area contributed by atoms with Gasteiger partial charge in [-0.2, -0.15) is 0 Å². The summed E-state index contributed by atoms with van der Waals surface area (Å²) in [5.41, 5.74) is 3.86. The fourth-order valence-corrected chi connectivity index (χ4v) is 5.65. The van der Waals surface area contributed by atoms with Crippen molar-refractivity contribution in [1.29, 1.82) is 0 Å². The molecule has 4 heterocycles. The molecule has 39 heavy (non-hydrogen) atoms. The van der Waals surface area contributed by atoms with Crippen LogP contribution in [0.2, 0.25) is 0 Å². The van der Waals surface area contributed by atoms with Crippen LogP contribution in [-0.2, 0) is 45.4 Å². The van der Waals surface area contributed by atoms with E-state index in [1.54, 1.807) is 16.5 Å². The minimum Gasteiger partial charge on any atom is -0.372 e. The van der Waals surface area contributed by atoms with Gasteiger partial charge < -0.3 is 19.9 Å². The van der Waals surface area contributed by atoms with Crippen molar-refractivity contribution >= 4 is 17.7 Å². The van der Waals surface area contributed by atoms with Crippen LogP contribution in [0.3, 0.4) is 0 Å². The molecule has 210 valence electrons. The first-order valence-electron chi connectivity index (χ1n) is 13.4. The quantitative estimate of drug-likeness (QED) is 0.546. The average Bonchev–Trinajstić information content (AvgIpc) is 3.64. The number of carbonyl (C=O) groups is 3. The topological polar surface area (TPSA) is 110 Å². The number of hydrogen-bond donors (Lipinski definition) is 1. The molecule has 0 radical (unpaired) electrons. The summed E-state index contributed by atoms with van der Waals surface area (Å²) in [5.74, 6) is -4.67. The Hall–Kier alpha value is -3.41. The predicted molar refractivity (Wildman–Crippen MR) is 135 cm³/mol. The van der Waals surface area contributed by atoms with Crippen LogP contribution in [0, 0.1) is 5.92 Å². The Morgan fingerprint density at radius 1 is 1.26 bits per heavy atom. The van der Waals surface area contributed by atoms with E-state index in [2.05, 4.69) is 15.6 Å². The van der Waals surface area contributed by atoms with Gasteiger partial charge in [-0.05, 0) is 43.9 Å². The molecule has 3 amide bonds. The lowest BCUT2D eigenvalue weighted by Crippen LogP contribution is -2.46. The molecule has 2 fully saturated rings. The van der Waals surface area contributed by atoms with Gasteiger partial charge in [-0.25, -0.2) is 13.5 Å². The molecular formula is C27H34F2N6O4. The van der Waals surface area contributed by atoms with Crippen LogP contribution >= 0.6 is 0 Å². The molecule has 0 bridgehead atoms. The number of amides is 3. The van der Waals surface area contributed by atoms with Gasteiger partial charge in [0.1, 0.15) is 11.7 Å². The van der Waals surface area contributed by atoms with Gasteiger partial charge in [-0.3, -0.25) is 14.4 Å². The van der Waals surface area contributed by atoms with E-state index in [0.29, 0.717) is 26.2 Å². The number of aromatic nitrogens is 3. The molecule has 1 aromatic heterocycles. The summed E-state index contributed by atoms with van der Waals surface area (Å²) >= 11 is 0. The Morgan fingerprint density at radius 2 is 2.05 bits per heavy atom. The molecule has 10 nitrogen and oxygen atoms in total. The van der Waals surface area contributed by atoms with Crippen LogP contribution in [0.4, 0.5) is 8.78 Å². The molecule has 2 aromatic rings. The van der Waals surface area contributed by atoms with Crippen LogP contribution in [0.15, 0.2) is 24.4 Å². The molecule has 5 rings (SSSR count). The maximum Gasteiger partial charge on any atom is 0.267 e. The number of benzene rings is 1. The number of alkyl halides is 2. The molecule has 1 aromatic carbocycles. The minimum atomic E-state index is -2.92. The van der Waals surface area contributed by atoms with E-state index in [1.807, 2.05) is 38.2 Å². The third-order valence-electron chi connectivity index (χ3n) is 7.65. The van der Waals surface area contributed by atoms with Gasteiger partial charge >= 0.3 is 0 Å². The maximum atomic E-state index is 13.8. The fourth-order valence-electron chi connectivity index (χ4n) is 5.65. The molecule has 2 saturated heterocycles. The lowest BCUT2D eigenvalue weighted by atomic mass is 9.99. The third-order valence-corrected chi connectivity index (χ3v) is 7.65. The molecule has 3 atom stereocenters. The second-order valence-corrected chi connectivity index (χ2v) is 11.1. The average molecular weight is 545 g/mol. The second kappa shape index (κ2) is 10.6. The molecule has 0 unspecified atom stereocenters. The van der Waals surface area contributed by atoms with Crippen LogP contribution < -0.4 is 5.32 Å². The lowest BCUT2D eigenvalue weighted by Gasteiger charge is -2.24.